The maximum atomic E-state index is 4.82. The predicted octanol–water partition coefficient (Wildman–Crippen LogP) is -1.11. The topological polar surface area (TPSA) is 25.8 Å². The van der Waals surface area contributed by atoms with Gasteiger partial charge in [0.1, 0.15) is 13.2 Å². The summed E-state index contributed by atoms with van der Waals surface area (Å²) in [5.41, 5.74) is 1.86. The van der Waals surface area contributed by atoms with Crippen LogP contribution in [-0.4, -0.2) is 13.2 Å². The van der Waals surface area contributed by atoms with Crippen LogP contribution in [0.2, 0.25) is 0 Å². The molecule has 30 valence electrons. The third-order valence-corrected chi connectivity index (χ3v) is 0.702. The van der Waals surface area contributed by atoms with Crippen molar-refractivity contribution in [2.45, 2.75) is 6.42 Å². The SMILES string of the molecule is C1C[NH2+]OC1. The molecule has 1 aliphatic rings. The van der Waals surface area contributed by atoms with Crippen molar-refractivity contribution in [3.8, 4) is 0 Å². The van der Waals surface area contributed by atoms with Crippen molar-refractivity contribution >= 4 is 0 Å². The second-order valence-corrected chi connectivity index (χ2v) is 1.18. The highest BCUT2D eigenvalue weighted by Crippen LogP contribution is 1.74. The molecule has 1 rings (SSSR count). The van der Waals surface area contributed by atoms with Gasteiger partial charge in [0.2, 0.25) is 0 Å². The number of rotatable bonds is 0. The molecule has 2 nitrogen and oxygen atoms in total. The van der Waals surface area contributed by atoms with Crippen LogP contribution >= 0.6 is 0 Å². The average molecular weight is 74.1 g/mol. The molecule has 0 aromatic carbocycles. The summed E-state index contributed by atoms with van der Waals surface area (Å²) in [7, 11) is 0. The van der Waals surface area contributed by atoms with E-state index in [2.05, 4.69) is 0 Å². The number of nitrogens with two attached hydrogens (primary N) is 1. The van der Waals surface area contributed by atoms with Crippen LogP contribution in [0.4, 0.5) is 0 Å². The lowest BCUT2D eigenvalue weighted by Gasteiger charge is -1.74. The Labute approximate surface area is 31.1 Å². The maximum Gasteiger partial charge on any atom is 0.111 e. The molecular weight excluding hydrogens is 66.0 g/mol. The Bertz CT molecular complexity index is 18.5. The predicted molar refractivity (Wildman–Crippen MR) is 17.4 cm³/mol. The van der Waals surface area contributed by atoms with Crippen molar-refractivity contribution in [3.63, 3.8) is 0 Å². The first kappa shape index (κ1) is 3.12. The molecule has 0 bridgehead atoms. The first-order valence-corrected chi connectivity index (χ1v) is 1.93. The highest BCUT2D eigenvalue weighted by molar-refractivity contribution is 4.27. The van der Waals surface area contributed by atoms with Gasteiger partial charge in [-0.1, -0.05) is 0 Å². The van der Waals surface area contributed by atoms with Crippen LogP contribution in [0, 0.1) is 0 Å². The van der Waals surface area contributed by atoms with Gasteiger partial charge >= 0.3 is 0 Å². The van der Waals surface area contributed by atoms with Gasteiger partial charge in [0.05, 0.1) is 0 Å². The summed E-state index contributed by atoms with van der Waals surface area (Å²) in [6.45, 7) is 2.10. The van der Waals surface area contributed by atoms with E-state index in [1.165, 1.54) is 6.42 Å². The molecule has 1 aliphatic heterocycles. The fourth-order valence-electron chi connectivity index (χ4n) is 0.417. The van der Waals surface area contributed by atoms with Crippen molar-refractivity contribution in [1.29, 1.82) is 0 Å². The molecule has 0 radical (unpaired) electrons. The molecule has 0 spiro atoms. The summed E-state index contributed by atoms with van der Waals surface area (Å²) in [4.78, 5) is 4.82. The van der Waals surface area contributed by atoms with Gasteiger partial charge in [-0.3, -0.25) is 0 Å². The van der Waals surface area contributed by atoms with Crippen LogP contribution < -0.4 is 5.48 Å². The third kappa shape index (κ3) is 0.597. The van der Waals surface area contributed by atoms with Crippen molar-refractivity contribution in [3.05, 3.63) is 0 Å². The van der Waals surface area contributed by atoms with Crippen molar-refractivity contribution in [2.24, 2.45) is 0 Å². The Morgan fingerprint density at radius 2 is 2.60 bits per heavy atom. The third-order valence-electron chi connectivity index (χ3n) is 0.702. The number of hydrogen-bond acceptors (Lipinski definition) is 1. The molecule has 1 heterocycles. The molecule has 0 amide bonds. The largest absolute Gasteiger partial charge is 0.206 e. The summed E-state index contributed by atoms with van der Waals surface area (Å²) in [6.07, 6.45) is 1.22. The lowest BCUT2D eigenvalue weighted by atomic mass is 10.5. The van der Waals surface area contributed by atoms with E-state index in [0.717, 1.165) is 13.2 Å². The lowest BCUT2D eigenvalue weighted by Crippen LogP contribution is -2.79. The zero-order valence-electron chi connectivity index (χ0n) is 3.11. The Balaban J connectivity index is 2.08. The second kappa shape index (κ2) is 1.38. The van der Waals surface area contributed by atoms with E-state index in [9.17, 15) is 0 Å². The smallest absolute Gasteiger partial charge is 0.111 e. The summed E-state index contributed by atoms with van der Waals surface area (Å²) >= 11 is 0. The minimum atomic E-state index is 0.944. The van der Waals surface area contributed by atoms with E-state index < -0.39 is 0 Å². The zero-order valence-corrected chi connectivity index (χ0v) is 3.11. The Hall–Kier alpha value is -0.0800. The minimum absolute atomic E-state index is 0.944. The highest BCUT2D eigenvalue weighted by Gasteiger charge is 1.98. The quantitative estimate of drug-likeness (QED) is 0.387. The molecule has 0 aliphatic carbocycles. The van der Waals surface area contributed by atoms with Gasteiger partial charge in [-0.25, -0.2) is 10.3 Å². The Kier molecular flexibility index (Phi) is 0.862. The second-order valence-electron chi connectivity index (χ2n) is 1.18. The van der Waals surface area contributed by atoms with E-state index in [-0.39, 0.29) is 0 Å². The molecule has 1 fully saturated rings. The Morgan fingerprint density at radius 1 is 1.60 bits per heavy atom. The average Bonchev–Trinajstić information content (AvgIpc) is 1.76. The monoisotopic (exact) mass is 74.1 g/mol. The molecule has 0 saturated carbocycles. The molecule has 2 N–H and O–H groups in total. The van der Waals surface area contributed by atoms with Crippen LogP contribution in [0.25, 0.3) is 0 Å². The molecule has 0 aromatic rings. The number of quaternary nitrogens is 1. The standard InChI is InChI=1S/C3H7NO/c1-2-4-5-3-1/h4H,1-3H2/p+1. The van der Waals surface area contributed by atoms with Crippen LogP contribution in [0.3, 0.4) is 0 Å². The fraction of sp³-hybridized carbons (Fsp3) is 1.00. The molecular formula is C3H8NO+. The summed E-state index contributed by atoms with van der Waals surface area (Å²) in [5.74, 6) is 0. The molecule has 2 heteroatoms. The first-order valence-electron chi connectivity index (χ1n) is 1.93. The lowest BCUT2D eigenvalue weighted by molar-refractivity contribution is -0.874. The maximum absolute atomic E-state index is 4.82. The van der Waals surface area contributed by atoms with Crippen LogP contribution in [0.5, 0.6) is 0 Å². The Morgan fingerprint density at radius 3 is 2.80 bits per heavy atom. The van der Waals surface area contributed by atoms with E-state index in [4.69, 9.17) is 4.84 Å². The molecule has 1 saturated heterocycles. The van der Waals surface area contributed by atoms with Crippen LogP contribution in [0.1, 0.15) is 6.42 Å². The summed E-state index contributed by atoms with van der Waals surface area (Å²) in [5, 5.41) is 0. The van der Waals surface area contributed by atoms with E-state index in [0.29, 0.717) is 0 Å². The van der Waals surface area contributed by atoms with Gasteiger partial charge < -0.3 is 0 Å². The highest BCUT2D eigenvalue weighted by atomic mass is 16.6. The van der Waals surface area contributed by atoms with Gasteiger partial charge in [0.15, 0.2) is 0 Å². The first-order chi connectivity index (χ1) is 2.50. The normalized spacial score (nSPS) is 24.0. The summed E-state index contributed by atoms with van der Waals surface area (Å²) < 4.78 is 0. The fourth-order valence-corrected chi connectivity index (χ4v) is 0.417. The molecule has 0 unspecified atom stereocenters. The van der Waals surface area contributed by atoms with Gasteiger partial charge in [-0.15, -0.1) is 0 Å². The molecule has 5 heavy (non-hydrogen) atoms. The number of hydroxylamine groups is 1. The van der Waals surface area contributed by atoms with Gasteiger partial charge in [-0.2, -0.15) is 0 Å². The van der Waals surface area contributed by atoms with Crippen LogP contribution in [-0.2, 0) is 4.84 Å². The number of hydrogen-bond donors (Lipinski definition) is 1. The minimum Gasteiger partial charge on any atom is -0.206 e. The summed E-state index contributed by atoms with van der Waals surface area (Å²) in [6, 6.07) is 0. The van der Waals surface area contributed by atoms with Crippen molar-refractivity contribution in [2.75, 3.05) is 13.2 Å². The zero-order chi connectivity index (χ0) is 3.54. The molecule has 0 aromatic heterocycles. The van der Waals surface area contributed by atoms with E-state index in [1.54, 1.807) is 0 Å². The van der Waals surface area contributed by atoms with Crippen molar-refractivity contribution in [1.82, 2.24) is 0 Å². The van der Waals surface area contributed by atoms with Gasteiger partial charge in [0, 0.05) is 6.42 Å². The van der Waals surface area contributed by atoms with E-state index >= 15 is 0 Å². The van der Waals surface area contributed by atoms with Gasteiger partial charge in [-0.05, 0) is 0 Å². The van der Waals surface area contributed by atoms with Crippen LogP contribution in [0.15, 0.2) is 0 Å². The van der Waals surface area contributed by atoms with Gasteiger partial charge in [0.25, 0.3) is 0 Å². The molecule has 0 atom stereocenters. The van der Waals surface area contributed by atoms with E-state index in [1.807, 2.05) is 5.48 Å². The van der Waals surface area contributed by atoms with Crippen molar-refractivity contribution < 1.29 is 10.3 Å².